The lowest BCUT2D eigenvalue weighted by Crippen LogP contribution is -1.94. The van der Waals surface area contributed by atoms with Gasteiger partial charge in [-0.25, -0.2) is 4.98 Å². The molecule has 0 amide bonds. The van der Waals surface area contributed by atoms with Crippen molar-refractivity contribution in [1.29, 1.82) is 0 Å². The van der Waals surface area contributed by atoms with E-state index in [4.69, 9.17) is 0 Å². The molecule has 1 heterocycles. The Balaban J connectivity index is 2.28. The van der Waals surface area contributed by atoms with Gasteiger partial charge in [-0.1, -0.05) is 6.08 Å². The van der Waals surface area contributed by atoms with Crippen molar-refractivity contribution in [2.75, 3.05) is 0 Å². The van der Waals surface area contributed by atoms with Gasteiger partial charge in [0.2, 0.25) is 0 Å². The number of nitrogens with zero attached hydrogens (tertiary/aromatic N) is 1. The van der Waals surface area contributed by atoms with E-state index in [1.54, 1.807) is 11.6 Å². The molecule has 1 N–H and O–H groups in total. The van der Waals surface area contributed by atoms with Crippen LogP contribution in [0.25, 0.3) is 0 Å². The first-order valence-corrected chi connectivity index (χ1v) is 4.94. The highest BCUT2D eigenvalue weighted by atomic mass is 32.1. The van der Waals surface area contributed by atoms with Gasteiger partial charge in [-0.3, -0.25) is 0 Å². The topological polar surface area (TPSA) is 33.1 Å². The van der Waals surface area contributed by atoms with Crippen molar-refractivity contribution in [2.24, 2.45) is 0 Å². The van der Waals surface area contributed by atoms with E-state index in [1.165, 1.54) is 24.2 Å². The Bertz CT molecular complexity index is 290. The van der Waals surface area contributed by atoms with Gasteiger partial charge in [0.15, 0.2) is 0 Å². The van der Waals surface area contributed by atoms with Crippen LogP contribution in [0.1, 0.15) is 35.4 Å². The number of aliphatic hydroxyl groups excluding tert-OH is 1. The second kappa shape index (κ2) is 2.99. The maximum Gasteiger partial charge on any atom is 0.108 e. The van der Waals surface area contributed by atoms with E-state index in [0.29, 0.717) is 5.92 Å². The summed E-state index contributed by atoms with van der Waals surface area (Å²) in [6.07, 6.45) is 3.48. The summed E-state index contributed by atoms with van der Waals surface area (Å²) in [5.41, 5.74) is 2.89. The average Bonchev–Trinajstić information content (AvgIpc) is 2.83. The molecule has 0 bridgehead atoms. The van der Waals surface area contributed by atoms with Gasteiger partial charge >= 0.3 is 0 Å². The molecule has 1 aromatic rings. The van der Waals surface area contributed by atoms with Gasteiger partial charge in [-0.15, -0.1) is 17.9 Å². The number of aliphatic hydroxyl groups is 1. The standard InChI is InChI=1S/C9H11NOS/c1-2-7(11)9-8(6-3-4-6)10-5-12-9/h2,5-7,11H,1,3-4H2. The van der Waals surface area contributed by atoms with Crippen molar-refractivity contribution in [3.8, 4) is 0 Å². The van der Waals surface area contributed by atoms with Crippen LogP contribution in [0.2, 0.25) is 0 Å². The van der Waals surface area contributed by atoms with Gasteiger partial charge in [0.05, 0.1) is 16.1 Å². The van der Waals surface area contributed by atoms with E-state index in [-0.39, 0.29) is 0 Å². The Labute approximate surface area is 75.6 Å². The Morgan fingerprint density at radius 3 is 3.08 bits per heavy atom. The summed E-state index contributed by atoms with van der Waals surface area (Å²) >= 11 is 1.52. The summed E-state index contributed by atoms with van der Waals surface area (Å²) in [7, 11) is 0. The van der Waals surface area contributed by atoms with Crippen molar-refractivity contribution < 1.29 is 5.11 Å². The zero-order valence-electron chi connectivity index (χ0n) is 6.73. The monoisotopic (exact) mass is 181 g/mol. The molecule has 1 fully saturated rings. The van der Waals surface area contributed by atoms with Gasteiger partial charge in [0.1, 0.15) is 6.10 Å². The second-order valence-electron chi connectivity index (χ2n) is 3.06. The first-order chi connectivity index (χ1) is 5.83. The van der Waals surface area contributed by atoms with Crippen molar-refractivity contribution in [1.82, 2.24) is 4.98 Å². The Morgan fingerprint density at radius 1 is 1.75 bits per heavy atom. The zero-order valence-corrected chi connectivity index (χ0v) is 7.55. The van der Waals surface area contributed by atoms with Crippen LogP contribution in [-0.2, 0) is 0 Å². The molecule has 0 radical (unpaired) electrons. The predicted octanol–water partition coefficient (Wildman–Crippen LogP) is 2.24. The summed E-state index contributed by atoms with van der Waals surface area (Å²) in [6.45, 7) is 3.57. The summed E-state index contributed by atoms with van der Waals surface area (Å²) in [4.78, 5) is 5.24. The maximum absolute atomic E-state index is 9.53. The molecular weight excluding hydrogens is 170 g/mol. The molecule has 0 saturated heterocycles. The van der Waals surface area contributed by atoms with E-state index in [1.807, 2.05) is 0 Å². The lowest BCUT2D eigenvalue weighted by Gasteiger charge is -2.03. The minimum absolute atomic E-state index is 0.520. The van der Waals surface area contributed by atoms with Crippen molar-refractivity contribution in [3.05, 3.63) is 28.7 Å². The molecule has 64 valence electrons. The first kappa shape index (κ1) is 7.95. The molecule has 1 atom stereocenters. The molecule has 0 aromatic carbocycles. The smallest absolute Gasteiger partial charge is 0.108 e. The average molecular weight is 181 g/mol. The second-order valence-corrected chi connectivity index (χ2v) is 3.94. The molecule has 1 saturated carbocycles. The third-order valence-electron chi connectivity index (χ3n) is 2.08. The molecule has 3 heteroatoms. The number of rotatable bonds is 3. The summed E-state index contributed by atoms with van der Waals surface area (Å²) in [6, 6.07) is 0. The van der Waals surface area contributed by atoms with Gasteiger partial charge < -0.3 is 5.11 Å². The number of hydrogen-bond donors (Lipinski definition) is 1. The van der Waals surface area contributed by atoms with Crippen LogP contribution in [0.15, 0.2) is 18.2 Å². The molecule has 12 heavy (non-hydrogen) atoms. The number of hydrogen-bond acceptors (Lipinski definition) is 3. The van der Waals surface area contributed by atoms with Crippen molar-refractivity contribution >= 4 is 11.3 Å². The Hall–Kier alpha value is -0.670. The lowest BCUT2D eigenvalue weighted by molar-refractivity contribution is 0.231. The zero-order chi connectivity index (χ0) is 8.55. The summed E-state index contributed by atoms with van der Waals surface area (Å²) < 4.78 is 0. The van der Waals surface area contributed by atoms with Crippen LogP contribution in [0, 0.1) is 0 Å². The molecule has 1 aliphatic carbocycles. The molecule has 2 nitrogen and oxygen atoms in total. The fourth-order valence-electron chi connectivity index (χ4n) is 1.26. The highest BCUT2D eigenvalue weighted by molar-refractivity contribution is 7.09. The molecule has 1 aromatic heterocycles. The Kier molecular flexibility index (Phi) is 1.98. The summed E-state index contributed by atoms with van der Waals surface area (Å²) in [5.74, 6) is 0.612. The fraction of sp³-hybridized carbons (Fsp3) is 0.444. The molecule has 1 aliphatic rings. The minimum atomic E-state index is -0.520. The largest absolute Gasteiger partial charge is 0.383 e. The number of thiazole rings is 1. The van der Waals surface area contributed by atoms with Crippen LogP contribution >= 0.6 is 11.3 Å². The highest BCUT2D eigenvalue weighted by Crippen LogP contribution is 2.43. The summed E-state index contributed by atoms with van der Waals surface area (Å²) in [5, 5.41) is 9.53. The highest BCUT2D eigenvalue weighted by Gasteiger charge is 2.29. The van der Waals surface area contributed by atoms with E-state index >= 15 is 0 Å². The third kappa shape index (κ3) is 1.30. The van der Waals surface area contributed by atoms with Crippen molar-refractivity contribution in [3.63, 3.8) is 0 Å². The normalized spacial score (nSPS) is 19.1. The molecule has 0 aliphatic heterocycles. The van der Waals surface area contributed by atoms with Crippen LogP contribution in [0.4, 0.5) is 0 Å². The van der Waals surface area contributed by atoms with Crippen LogP contribution in [0.5, 0.6) is 0 Å². The van der Waals surface area contributed by atoms with E-state index in [0.717, 1.165) is 10.6 Å². The van der Waals surface area contributed by atoms with Crippen molar-refractivity contribution in [2.45, 2.75) is 24.9 Å². The number of aromatic nitrogens is 1. The minimum Gasteiger partial charge on any atom is -0.383 e. The van der Waals surface area contributed by atoms with E-state index in [9.17, 15) is 5.11 Å². The van der Waals surface area contributed by atoms with Crippen LogP contribution in [-0.4, -0.2) is 10.1 Å². The van der Waals surface area contributed by atoms with Gasteiger partial charge in [0, 0.05) is 5.92 Å². The Morgan fingerprint density at radius 2 is 2.50 bits per heavy atom. The van der Waals surface area contributed by atoms with E-state index in [2.05, 4.69) is 11.6 Å². The lowest BCUT2D eigenvalue weighted by atomic mass is 10.2. The first-order valence-electron chi connectivity index (χ1n) is 4.07. The fourth-order valence-corrected chi connectivity index (χ4v) is 2.11. The van der Waals surface area contributed by atoms with Gasteiger partial charge in [-0.2, -0.15) is 0 Å². The molecule has 1 unspecified atom stereocenters. The van der Waals surface area contributed by atoms with E-state index < -0.39 is 6.10 Å². The molecule has 2 rings (SSSR count). The van der Waals surface area contributed by atoms with Crippen LogP contribution in [0.3, 0.4) is 0 Å². The quantitative estimate of drug-likeness (QED) is 0.725. The molecular formula is C9H11NOS. The predicted molar refractivity (Wildman–Crippen MR) is 49.2 cm³/mol. The van der Waals surface area contributed by atoms with Gasteiger partial charge in [0.25, 0.3) is 0 Å². The molecule has 0 spiro atoms. The third-order valence-corrected chi connectivity index (χ3v) is 3.00. The SMILES string of the molecule is C=CC(O)c1scnc1C1CC1. The van der Waals surface area contributed by atoms with Crippen LogP contribution < -0.4 is 0 Å². The maximum atomic E-state index is 9.53. The van der Waals surface area contributed by atoms with Gasteiger partial charge in [-0.05, 0) is 12.8 Å².